The van der Waals surface area contributed by atoms with Gasteiger partial charge in [-0.2, -0.15) is 5.10 Å². The summed E-state index contributed by atoms with van der Waals surface area (Å²) in [7, 11) is 0. The van der Waals surface area contributed by atoms with E-state index in [9.17, 15) is 4.79 Å². The minimum atomic E-state index is -0.230. The van der Waals surface area contributed by atoms with E-state index in [1.807, 2.05) is 61.5 Å². The summed E-state index contributed by atoms with van der Waals surface area (Å²) in [4.78, 5) is 11.9. The van der Waals surface area contributed by atoms with Gasteiger partial charge in [0.25, 0.3) is 5.91 Å². The van der Waals surface area contributed by atoms with Gasteiger partial charge >= 0.3 is 0 Å². The van der Waals surface area contributed by atoms with Crippen molar-refractivity contribution in [2.75, 3.05) is 11.9 Å². The Morgan fingerprint density at radius 2 is 1.77 bits per heavy atom. The molecule has 3 rings (SSSR count). The number of anilines is 1. The number of nitrogens with one attached hydrogen (secondary N) is 2. The highest BCUT2D eigenvalue weighted by atomic mass is 35.5. The number of amides is 1. The Morgan fingerprint density at radius 1 is 1.03 bits per heavy atom. The highest BCUT2D eigenvalue weighted by Crippen LogP contribution is 2.22. The van der Waals surface area contributed by atoms with E-state index in [0.29, 0.717) is 22.4 Å². The largest absolute Gasteiger partial charge is 0.489 e. The fourth-order valence-corrected chi connectivity index (χ4v) is 2.99. The Kier molecular flexibility index (Phi) is 7.71. The van der Waals surface area contributed by atoms with Gasteiger partial charge in [0.1, 0.15) is 12.4 Å². The molecular formula is C23H21Cl2N3O2. The molecule has 0 saturated carbocycles. The third-order valence-electron chi connectivity index (χ3n) is 4.20. The van der Waals surface area contributed by atoms with Crippen LogP contribution in [0.1, 0.15) is 16.7 Å². The zero-order chi connectivity index (χ0) is 21.3. The Hall–Kier alpha value is -3.02. The van der Waals surface area contributed by atoms with Crippen molar-refractivity contribution in [3.05, 3.63) is 93.5 Å². The molecule has 0 saturated heterocycles. The van der Waals surface area contributed by atoms with E-state index in [2.05, 4.69) is 15.8 Å². The molecule has 0 unspecified atom stereocenters. The molecule has 3 aromatic carbocycles. The molecule has 3 aromatic rings. The van der Waals surface area contributed by atoms with Crippen LogP contribution in [-0.2, 0) is 11.4 Å². The lowest BCUT2D eigenvalue weighted by Gasteiger charge is -2.08. The van der Waals surface area contributed by atoms with Gasteiger partial charge in [-0.15, -0.1) is 0 Å². The number of hydrazone groups is 1. The van der Waals surface area contributed by atoms with E-state index in [-0.39, 0.29) is 12.5 Å². The van der Waals surface area contributed by atoms with Gasteiger partial charge in [-0.3, -0.25) is 4.79 Å². The van der Waals surface area contributed by atoms with Crippen LogP contribution in [0.2, 0.25) is 10.0 Å². The van der Waals surface area contributed by atoms with E-state index in [0.717, 1.165) is 16.8 Å². The predicted molar refractivity (Wildman–Crippen MR) is 123 cm³/mol. The second kappa shape index (κ2) is 10.7. The summed E-state index contributed by atoms with van der Waals surface area (Å²) in [6, 6.07) is 20.5. The number of hydrogen-bond acceptors (Lipinski definition) is 4. The van der Waals surface area contributed by atoms with Gasteiger partial charge in [0.15, 0.2) is 0 Å². The number of carbonyl (C=O) groups is 1. The van der Waals surface area contributed by atoms with Gasteiger partial charge in [-0.1, -0.05) is 47.0 Å². The van der Waals surface area contributed by atoms with Crippen LogP contribution in [0.3, 0.4) is 0 Å². The molecule has 0 atom stereocenters. The molecular weight excluding hydrogens is 421 g/mol. The molecule has 2 N–H and O–H groups in total. The van der Waals surface area contributed by atoms with Gasteiger partial charge in [0.2, 0.25) is 0 Å². The zero-order valence-corrected chi connectivity index (χ0v) is 17.9. The third kappa shape index (κ3) is 6.79. The molecule has 0 aliphatic heterocycles. The van der Waals surface area contributed by atoms with Crippen LogP contribution in [0.4, 0.5) is 5.69 Å². The number of halogens is 2. The summed E-state index contributed by atoms with van der Waals surface area (Å²) in [5, 5.41) is 8.18. The van der Waals surface area contributed by atoms with Crippen LogP contribution in [0.25, 0.3) is 0 Å². The maximum atomic E-state index is 11.9. The van der Waals surface area contributed by atoms with Crippen molar-refractivity contribution < 1.29 is 9.53 Å². The summed E-state index contributed by atoms with van der Waals surface area (Å²) < 4.78 is 5.74. The maximum Gasteiger partial charge on any atom is 0.259 e. The monoisotopic (exact) mass is 441 g/mol. The first kappa shape index (κ1) is 21.7. The number of carbonyl (C=O) groups excluding carboxylic acids is 1. The fourth-order valence-electron chi connectivity index (χ4n) is 2.52. The number of nitrogens with zero attached hydrogens (tertiary/aromatic N) is 1. The molecule has 1 amide bonds. The van der Waals surface area contributed by atoms with Crippen molar-refractivity contribution in [3.8, 4) is 5.75 Å². The number of hydrogen-bond donors (Lipinski definition) is 2. The molecule has 154 valence electrons. The molecule has 0 fully saturated rings. The molecule has 0 aliphatic carbocycles. The maximum absolute atomic E-state index is 11.9. The van der Waals surface area contributed by atoms with Crippen LogP contribution >= 0.6 is 23.2 Å². The first-order chi connectivity index (χ1) is 14.5. The molecule has 30 heavy (non-hydrogen) atoms. The van der Waals surface area contributed by atoms with Crippen LogP contribution in [0, 0.1) is 6.92 Å². The van der Waals surface area contributed by atoms with Gasteiger partial charge in [0.05, 0.1) is 12.8 Å². The molecule has 0 heterocycles. The Morgan fingerprint density at radius 3 is 2.47 bits per heavy atom. The summed E-state index contributed by atoms with van der Waals surface area (Å²) in [6.45, 7) is 2.49. The van der Waals surface area contributed by atoms with E-state index in [1.165, 1.54) is 5.56 Å². The van der Waals surface area contributed by atoms with Crippen molar-refractivity contribution in [1.82, 2.24) is 5.43 Å². The van der Waals surface area contributed by atoms with Crippen molar-refractivity contribution in [3.63, 3.8) is 0 Å². The van der Waals surface area contributed by atoms with Crippen molar-refractivity contribution in [1.29, 1.82) is 0 Å². The van der Waals surface area contributed by atoms with Crippen molar-refractivity contribution >= 4 is 41.0 Å². The molecule has 7 heteroatoms. The quantitative estimate of drug-likeness (QED) is 0.361. The van der Waals surface area contributed by atoms with E-state index >= 15 is 0 Å². The standard InChI is InChI=1S/C23H21Cl2N3O2/c1-16-2-8-20(9-3-16)26-14-23(29)28-27-13-17-4-10-21(11-5-17)30-15-18-6-7-19(24)12-22(18)25/h2-13,26H,14-15H2,1H3,(H,28,29)/b27-13-. The minimum absolute atomic E-state index is 0.139. The third-order valence-corrected chi connectivity index (χ3v) is 4.78. The van der Waals surface area contributed by atoms with E-state index in [1.54, 1.807) is 18.3 Å². The summed E-state index contributed by atoms with van der Waals surface area (Å²) in [6.07, 6.45) is 1.57. The number of rotatable bonds is 8. The predicted octanol–water partition coefficient (Wildman–Crippen LogP) is 5.44. The molecule has 0 spiro atoms. The van der Waals surface area contributed by atoms with Crippen LogP contribution < -0.4 is 15.5 Å². The first-order valence-corrected chi connectivity index (χ1v) is 10.0. The van der Waals surface area contributed by atoms with Crippen LogP contribution in [0.5, 0.6) is 5.75 Å². The lowest BCUT2D eigenvalue weighted by molar-refractivity contribution is -0.119. The van der Waals surface area contributed by atoms with Crippen LogP contribution in [0.15, 0.2) is 71.8 Å². The average molecular weight is 442 g/mol. The number of benzene rings is 3. The van der Waals surface area contributed by atoms with Crippen molar-refractivity contribution in [2.24, 2.45) is 5.10 Å². The summed E-state index contributed by atoms with van der Waals surface area (Å²) in [5.74, 6) is 0.469. The van der Waals surface area contributed by atoms with Gasteiger partial charge < -0.3 is 10.1 Å². The van der Waals surface area contributed by atoms with Gasteiger partial charge in [-0.25, -0.2) is 5.43 Å². The SMILES string of the molecule is Cc1ccc(NCC(=O)N/N=C\c2ccc(OCc3ccc(Cl)cc3Cl)cc2)cc1. The van der Waals surface area contributed by atoms with E-state index < -0.39 is 0 Å². The summed E-state index contributed by atoms with van der Waals surface area (Å²) in [5.41, 5.74) is 6.23. The highest BCUT2D eigenvalue weighted by Gasteiger charge is 2.03. The highest BCUT2D eigenvalue weighted by molar-refractivity contribution is 6.35. The molecule has 0 radical (unpaired) electrons. The number of ether oxygens (including phenoxy) is 1. The smallest absolute Gasteiger partial charge is 0.259 e. The van der Waals surface area contributed by atoms with Gasteiger partial charge in [0, 0.05) is 21.3 Å². The minimum Gasteiger partial charge on any atom is -0.489 e. The normalized spacial score (nSPS) is 10.8. The Labute approximate surface area is 185 Å². The second-order valence-electron chi connectivity index (χ2n) is 6.61. The molecule has 5 nitrogen and oxygen atoms in total. The number of aryl methyl sites for hydroxylation is 1. The fraction of sp³-hybridized carbons (Fsp3) is 0.130. The Bertz CT molecular complexity index is 1020. The zero-order valence-electron chi connectivity index (χ0n) is 16.4. The lowest BCUT2D eigenvalue weighted by atomic mass is 10.2. The topological polar surface area (TPSA) is 62.7 Å². The van der Waals surface area contributed by atoms with E-state index in [4.69, 9.17) is 27.9 Å². The average Bonchev–Trinajstić information content (AvgIpc) is 2.74. The summed E-state index contributed by atoms with van der Waals surface area (Å²) >= 11 is 12.0. The Balaban J connectivity index is 1.43. The molecule has 0 aliphatic rings. The lowest BCUT2D eigenvalue weighted by Crippen LogP contribution is -2.25. The second-order valence-corrected chi connectivity index (χ2v) is 7.45. The first-order valence-electron chi connectivity index (χ1n) is 9.29. The van der Waals surface area contributed by atoms with Crippen LogP contribution in [-0.4, -0.2) is 18.7 Å². The van der Waals surface area contributed by atoms with Gasteiger partial charge in [-0.05, 0) is 61.0 Å². The molecule has 0 aromatic heterocycles. The van der Waals surface area contributed by atoms with Crippen molar-refractivity contribution in [2.45, 2.75) is 13.5 Å². The molecule has 0 bridgehead atoms.